The average molecular weight is 443 g/mol. The van der Waals surface area contributed by atoms with Crippen molar-refractivity contribution >= 4 is 39.1 Å². The highest BCUT2D eigenvalue weighted by atomic mass is 32.1. The number of hydrogen-bond acceptors (Lipinski definition) is 8. The van der Waals surface area contributed by atoms with E-state index in [1.54, 1.807) is 16.7 Å². The molecule has 160 valence electrons. The van der Waals surface area contributed by atoms with Crippen LogP contribution in [0.2, 0.25) is 0 Å². The SMILES string of the molecule is COC(=O)Cn1c(=NC(=O)c2cccc([N+](=O)[O-])c2C)sc2cc3c(cc21)OCCO3. The van der Waals surface area contributed by atoms with Crippen molar-refractivity contribution in [2.75, 3.05) is 20.3 Å². The molecule has 4 rings (SSSR count). The Hall–Kier alpha value is -3.73. The fraction of sp³-hybridized carbons (Fsp3) is 0.250. The number of carbonyl (C=O) groups is 2. The van der Waals surface area contributed by atoms with Crippen LogP contribution < -0.4 is 14.3 Å². The zero-order chi connectivity index (χ0) is 22.1. The minimum absolute atomic E-state index is 0.113. The lowest BCUT2D eigenvalue weighted by Gasteiger charge is -2.18. The van der Waals surface area contributed by atoms with Crippen LogP contribution in [0.1, 0.15) is 15.9 Å². The molecule has 0 atom stereocenters. The molecular weight excluding hydrogens is 426 g/mol. The molecule has 3 aromatic rings. The van der Waals surface area contributed by atoms with Crippen LogP contribution in [0.15, 0.2) is 35.3 Å². The van der Waals surface area contributed by atoms with Gasteiger partial charge in [-0.25, -0.2) is 0 Å². The third-order valence-electron chi connectivity index (χ3n) is 4.79. The van der Waals surface area contributed by atoms with E-state index in [1.807, 2.05) is 0 Å². The van der Waals surface area contributed by atoms with Crippen LogP contribution in [0, 0.1) is 17.0 Å². The minimum Gasteiger partial charge on any atom is -0.486 e. The van der Waals surface area contributed by atoms with Crippen molar-refractivity contribution in [3.05, 3.63) is 56.4 Å². The Balaban J connectivity index is 1.87. The van der Waals surface area contributed by atoms with Crippen LogP contribution in [-0.4, -0.2) is 41.7 Å². The Morgan fingerprint density at radius 1 is 1.26 bits per heavy atom. The number of fused-ring (bicyclic) bond motifs is 2. The monoisotopic (exact) mass is 443 g/mol. The number of esters is 1. The molecule has 0 N–H and O–H groups in total. The number of nitrogens with zero attached hydrogens (tertiary/aromatic N) is 3. The number of carbonyl (C=O) groups excluding carboxylic acids is 2. The zero-order valence-electron chi connectivity index (χ0n) is 16.6. The van der Waals surface area contributed by atoms with Gasteiger partial charge in [0.15, 0.2) is 16.3 Å². The maximum absolute atomic E-state index is 12.9. The lowest BCUT2D eigenvalue weighted by molar-refractivity contribution is -0.385. The van der Waals surface area contributed by atoms with Gasteiger partial charge in [0.1, 0.15) is 19.8 Å². The molecule has 0 saturated carbocycles. The van der Waals surface area contributed by atoms with Gasteiger partial charge in [-0.3, -0.25) is 19.7 Å². The minimum atomic E-state index is -0.649. The molecule has 0 bridgehead atoms. The zero-order valence-corrected chi connectivity index (χ0v) is 17.4. The summed E-state index contributed by atoms with van der Waals surface area (Å²) in [5.41, 5.74) is 0.796. The van der Waals surface area contributed by atoms with E-state index in [0.29, 0.717) is 30.2 Å². The van der Waals surface area contributed by atoms with E-state index in [1.165, 1.54) is 43.6 Å². The molecule has 0 aliphatic carbocycles. The third kappa shape index (κ3) is 3.87. The van der Waals surface area contributed by atoms with E-state index < -0.39 is 16.8 Å². The number of hydrogen-bond donors (Lipinski definition) is 0. The molecule has 1 aliphatic rings. The lowest BCUT2D eigenvalue weighted by Crippen LogP contribution is -2.22. The summed E-state index contributed by atoms with van der Waals surface area (Å²) in [6.45, 7) is 2.16. The number of nitro benzene ring substituents is 1. The van der Waals surface area contributed by atoms with Crippen molar-refractivity contribution in [1.29, 1.82) is 0 Å². The molecule has 11 heteroatoms. The number of methoxy groups -OCH3 is 1. The van der Waals surface area contributed by atoms with Crippen molar-refractivity contribution in [1.82, 2.24) is 4.57 Å². The summed E-state index contributed by atoms with van der Waals surface area (Å²) in [5, 5.41) is 11.2. The van der Waals surface area contributed by atoms with Gasteiger partial charge < -0.3 is 18.8 Å². The van der Waals surface area contributed by atoms with Crippen molar-refractivity contribution in [2.45, 2.75) is 13.5 Å². The first-order valence-electron chi connectivity index (χ1n) is 9.22. The summed E-state index contributed by atoms with van der Waals surface area (Å²) in [6.07, 6.45) is 0. The molecule has 0 fully saturated rings. The van der Waals surface area contributed by atoms with Crippen LogP contribution in [0.5, 0.6) is 11.5 Å². The maximum Gasteiger partial charge on any atom is 0.325 e. The number of aromatic nitrogens is 1. The van der Waals surface area contributed by atoms with E-state index in [2.05, 4.69) is 4.99 Å². The Bertz CT molecular complexity index is 1290. The van der Waals surface area contributed by atoms with Crippen molar-refractivity contribution in [3.63, 3.8) is 0 Å². The van der Waals surface area contributed by atoms with Crippen LogP contribution in [0.25, 0.3) is 10.2 Å². The van der Waals surface area contributed by atoms with E-state index in [0.717, 1.165) is 4.70 Å². The first-order chi connectivity index (χ1) is 14.9. The van der Waals surface area contributed by atoms with E-state index >= 15 is 0 Å². The molecule has 1 amide bonds. The van der Waals surface area contributed by atoms with Gasteiger partial charge in [-0.1, -0.05) is 17.4 Å². The molecule has 1 aliphatic heterocycles. The van der Waals surface area contributed by atoms with Crippen LogP contribution in [0.4, 0.5) is 5.69 Å². The molecule has 0 unspecified atom stereocenters. The quantitative estimate of drug-likeness (QED) is 0.345. The predicted octanol–water partition coefficient (Wildman–Crippen LogP) is 2.60. The Kier molecular flexibility index (Phi) is 5.42. The average Bonchev–Trinajstić information content (AvgIpc) is 3.07. The number of rotatable bonds is 4. The largest absolute Gasteiger partial charge is 0.486 e. The number of thiazole rings is 1. The highest BCUT2D eigenvalue weighted by molar-refractivity contribution is 7.16. The van der Waals surface area contributed by atoms with Crippen molar-refractivity contribution in [2.24, 2.45) is 4.99 Å². The first kappa shape index (κ1) is 20.5. The number of benzene rings is 2. The molecule has 0 saturated heterocycles. The summed E-state index contributed by atoms with van der Waals surface area (Å²) in [7, 11) is 1.27. The molecule has 2 aromatic carbocycles. The van der Waals surface area contributed by atoms with Gasteiger partial charge in [-0.15, -0.1) is 0 Å². The first-order valence-corrected chi connectivity index (χ1v) is 10.0. The smallest absolute Gasteiger partial charge is 0.325 e. The van der Waals surface area contributed by atoms with Gasteiger partial charge in [0.2, 0.25) is 0 Å². The number of nitro groups is 1. The van der Waals surface area contributed by atoms with Gasteiger partial charge in [0.05, 0.1) is 27.8 Å². The summed E-state index contributed by atoms with van der Waals surface area (Å²) in [5.74, 6) is -0.0705. The van der Waals surface area contributed by atoms with Crippen molar-refractivity contribution < 1.29 is 28.7 Å². The second kappa shape index (κ2) is 8.19. The molecule has 10 nitrogen and oxygen atoms in total. The van der Waals surface area contributed by atoms with Gasteiger partial charge in [0, 0.05) is 23.8 Å². The molecule has 31 heavy (non-hydrogen) atoms. The molecular formula is C20H17N3O7S. The van der Waals surface area contributed by atoms with Gasteiger partial charge in [-0.05, 0) is 13.0 Å². The van der Waals surface area contributed by atoms with Crippen LogP contribution in [-0.2, 0) is 16.1 Å². The Morgan fingerprint density at radius 3 is 2.65 bits per heavy atom. The summed E-state index contributed by atoms with van der Waals surface area (Å²) in [4.78, 5) is 40.0. The van der Waals surface area contributed by atoms with E-state index in [9.17, 15) is 19.7 Å². The van der Waals surface area contributed by atoms with Gasteiger partial charge in [-0.2, -0.15) is 4.99 Å². The Labute approximate surface area is 179 Å². The fourth-order valence-electron chi connectivity index (χ4n) is 3.24. The van der Waals surface area contributed by atoms with Gasteiger partial charge >= 0.3 is 5.97 Å². The molecule has 2 heterocycles. The normalized spacial score (nSPS) is 13.3. The molecule has 1 aromatic heterocycles. The predicted molar refractivity (Wildman–Crippen MR) is 111 cm³/mol. The third-order valence-corrected chi connectivity index (χ3v) is 5.83. The highest BCUT2D eigenvalue weighted by Crippen LogP contribution is 2.35. The second-order valence-electron chi connectivity index (χ2n) is 6.63. The topological polar surface area (TPSA) is 122 Å². The maximum atomic E-state index is 12.9. The molecule has 0 spiro atoms. The second-order valence-corrected chi connectivity index (χ2v) is 7.64. The fourth-order valence-corrected chi connectivity index (χ4v) is 4.28. The van der Waals surface area contributed by atoms with E-state index in [4.69, 9.17) is 14.2 Å². The summed E-state index contributed by atoms with van der Waals surface area (Å²) < 4.78 is 18.3. The number of amides is 1. The molecule has 0 radical (unpaired) electrons. The number of ether oxygens (including phenoxy) is 3. The summed E-state index contributed by atoms with van der Waals surface area (Å²) >= 11 is 1.19. The van der Waals surface area contributed by atoms with Gasteiger partial charge in [0.25, 0.3) is 11.6 Å². The Morgan fingerprint density at radius 2 is 1.97 bits per heavy atom. The standard InChI is InChI=1S/C20H17N3O7S/c1-11-12(4-3-5-13(11)23(26)27)19(25)21-20-22(10-18(24)28-2)14-8-15-16(9-17(14)31-20)30-7-6-29-15/h3-5,8-9H,6-7,10H2,1-2H3. The van der Waals surface area contributed by atoms with Crippen LogP contribution in [0.3, 0.4) is 0 Å². The summed E-state index contributed by atoms with van der Waals surface area (Å²) in [6, 6.07) is 7.74. The van der Waals surface area contributed by atoms with Crippen molar-refractivity contribution in [3.8, 4) is 11.5 Å². The van der Waals surface area contributed by atoms with Crippen LogP contribution >= 0.6 is 11.3 Å². The highest BCUT2D eigenvalue weighted by Gasteiger charge is 2.20. The van der Waals surface area contributed by atoms with E-state index in [-0.39, 0.29) is 28.2 Å². The lowest BCUT2D eigenvalue weighted by atomic mass is 10.1.